The van der Waals surface area contributed by atoms with E-state index in [1.54, 1.807) is 0 Å². The molecule has 0 saturated carbocycles. The normalized spacial score (nSPS) is 12.8. The number of allylic oxidation sites excluding steroid dienone is 2. The highest BCUT2D eigenvalue weighted by Gasteiger charge is 2.19. The van der Waals surface area contributed by atoms with Crippen LogP contribution in [0.1, 0.15) is 20.8 Å². The predicted molar refractivity (Wildman–Crippen MR) is 52.2 cm³/mol. The van der Waals surface area contributed by atoms with Gasteiger partial charge >= 0.3 is 0 Å². The summed E-state index contributed by atoms with van der Waals surface area (Å²) in [6, 6.07) is 4.22. The van der Waals surface area contributed by atoms with Crippen molar-refractivity contribution in [3.63, 3.8) is 0 Å². The first kappa shape index (κ1) is 9.96. The van der Waals surface area contributed by atoms with Gasteiger partial charge in [0, 0.05) is 0 Å². The summed E-state index contributed by atoms with van der Waals surface area (Å²) < 4.78 is 0. The Kier molecular flexibility index (Phi) is 4.70. The van der Waals surface area contributed by atoms with Gasteiger partial charge in [0.05, 0.1) is 8.07 Å². The van der Waals surface area contributed by atoms with Gasteiger partial charge in [0.1, 0.15) is 0 Å². The fraction of sp³-hybridized carbons (Fsp3) is 0.778. The van der Waals surface area contributed by atoms with Gasteiger partial charge in [-0.1, -0.05) is 44.6 Å². The Hall–Kier alpha value is -0.0431. The third-order valence-corrected chi connectivity index (χ3v) is 7.19. The molecule has 0 nitrogen and oxygen atoms in total. The molecule has 0 aliphatic heterocycles. The molecular formula is C9H20Si. The number of hydrogen-bond donors (Lipinski definition) is 0. The Bertz CT molecular complexity index is 101. The lowest BCUT2D eigenvalue weighted by Crippen LogP contribution is -2.26. The summed E-state index contributed by atoms with van der Waals surface area (Å²) in [6.07, 6.45) is 4.51. The van der Waals surface area contributed by atoms with Gasteiger partial charge in [-0.05, 0) is 13.0 Å². The molecule has 0 aromatic heterocycles. The summed E-state index contributed by atoms with van der Waals surface area (Å²) in [5.41, 5.74) is 0. The molecule has 0 saturated heterocycles. The molecule has 0 aliphatic rings. The SMILES string of the molecule is CC=CC[Si](C)(CC)CC. The highest BCUT2D eigenvalue weighted by Crippen LogP contribution is 2.19. The zero-order valence-corrected chi connectivity index (χ0v) is 8.78. The third kappa shape index (κ3) is 3.21. The van der Waals surface area contributed by atoms with Gasteiger partial charge in [-0.3, -0.25) is 0 Å². The largest absolute Gasteiger partial charge is 0.0919 e. The van der Waals surface area contributed by atoms with Gasteiger partial charge in [-0.25, -0.2) is 0 Å². The van der Waals surface area contributed by atoms with Crippen molar-refractivity contribution in [2.75, 3.05) is 0 Å². The van der Waals surface area contributed by atoms with E-state index < -0.39 is 8.07 Å². The van der Waals surface area contributed by atoms with Gasteiger partial charge in [-0.2, -0.15) is 0 Å². The van der Waals surface area contributed by atoms with E-state index in [0.717, 1.165) is 0 Å². The molecule has 0 rings (SSSR count). The standard InChI is InChI=1S/C9H20Si/c1-5-8-9-10(4,6-2)7-3/h5,8H,6-7,9H2,1-4H3. The van der Waals surface area contributed by atoms with Crippen molar-refractivity contribution in [3.05, 3.63) is 12.2 Å². The molecule has 0 N–H and O–H groups in total. The van der Waals surface area contributed by atoms with Gasteiger partial charge in [0.2, 0.25) is 0 Å². The Morgan fingerprint density at radius 1 is 1.20 bits per heavy atom. The smallest absolute Gasteiger partial charge is 0.0536 e. The minimum Gasteiger partial charge on any atom is -0.0919 e. The minimum atomic E-state index is -0.805. The van der Waals surface area contributed by atoms with Crippen molar-refractivity contribution >= 4 is 8.07 Å². The van der Waals surface area contributed by atoms with E-state index in [2.05, 4.69) is 39.5 Å². The number of hydrogen-bond acceptors (Lipinski definition) is 0. The molecular weight excluding hydrogens is 136 g/mol. The average molecular weight is 156 g/mol. The van der Waals surface area contributed by atoms with Crippen molar-refractivity contribution in [2.24, 2.45) is 0 Å². The molecule has 60 valence electrons. The fourth-order valence-corrected chi connectivity index (χ4v) is 2.82. The molecule has 10 heavy (non-hydrogen) atoms. The Labute approximate surface area is 66.4 Å². The van der Waals surface area contributed by atoms with Crippen molar-refractivity contribution in [3.8, 4) is 0 Å². The van der Waals surface area contributed by atoms with E-state index in [-0.39, 0.29) is 0 Å². The first-order valence-electron chi connectivity index (χ1n) is 4.29. The second kappa shape index (κ2) is 4.72. The predicted octanol–water partition coefficient (Wildman–Crippen LogP) is 3.68. The van der Waals surface area contributed by atoms with Crippen molar-refractivity contribution in [1.82, 2.24) is 0 Å². The maximum Gasteiger partial charge on any atom is 0.0536 e. The van der Waals surface area contributed by atoms with Crippen LogP contribution in [0.4, 0.5) is 0 Å². The van der Waals surface area contributed by atoms with E-state index in [0.29, 0.717) is 0 Å². The summed E-state index contributed by atoms with van der Waals surface area (Å²) in [5, 5.41) is 0. The summed E-state index contributed by atoms with van der Waals surface area (Å²) in [4.78, 5) is 0. The van der Waals surface area contributed by atoms with E-state index >= 15 is 0 Å². The van der Waals surface area contributed by atoms with Crippen LogP contribution in [0.2, 0.25) is 24.7 Å². The fourth-order valence-electron chi connectivity index (χ4n) is 0.941. The molecule has 0 amide bonds. The maximum atomic E-state index is 2.49. The topological polar surface area (TPSA) is 0 Å². The Balaban J connectivity index is 3.80. The lowest BCUT2D eigenvalue weighted by molar-refractivity contribution is 1.21. The van der Waals surface area contributed by atoms with Crippen LogP contribution in [0.5, 0.6) is 0 Å². The lowest BCUT2D eigenvalue weighted by atomic mass is 10.6. The van der Waals surface area contributed by atoms with Gasteiger partial charge in [-0.15, -0.1) is 0 Å². The van der Waals surface area contributed by atoms with Crippen molar-refractivity contribution < 1.29 is 0 Å². The Morgan fingerprint density at radius 2 is 1.70 bits per heavy atom. The van der Waals surface area contributed by atoms with E-state index in [1.165, 1.54) is 18.1 Å². The maximum absolute atomic E-state index is 2.49. The van der Waals surface area contributed by atoms with Crippen LogP contribution in [0.15, 0.2) is 12.2 Å². The van der Waals surface area contributed by atoms with E-state index in [1.807, 2.05) is 0 Å². The molecule has 1 heteroatoms. The first-order valence-corrected chi connectivity index (χ1v) is 7.42. The van der Waals surface area contributed by atoms with Crippen LogP contribution in [0, 0.1) is 0 Å². The van der Waals surface area contributed by atoms with Gasteiger partial charge < -0.3 is 0 Å². The second-order valence-electron chi connectivity index (χ2n) is 3.29. The first-order chi connectivity index (χ1) is 4.68. The van der Waals surface area contributed by atoms with Crippen LogP contribution < -0.4 is 0 Å². The zero-order valence-electron chi connectivity index (χ0n) is 7.78. The van der Waals surface area contributed by atoms with E-state index in [4.69, 9.17) is 0 Å². The third-order valence-electron chi connectivity index (χ3n) is 2.55. The van der Waals surface area contributed by atoms with Gasteiger partial charge in [0.25, 0.3) is 0 Å². The summed E-state index contributed by atoms with van der Waals surface area (Å²) in [7, 11) is -0.805. The van der Waals surface area contributed by atoms with Crippen molar-refractivity contribution in [2.45, 2.75) is 45.5 Å². The lowest BCUT2D eigenvalue weighted by Gasteiger charge is -2.21. The molecule has 0 spiro atoms. The molecule has 0 atom stereocenters. The molecule has 0 fully saturated rings. The van der Waals surface area contributed by atoms with E-state index in [9.17, 15) is 0 Å². The quantitative estimate of drug-likeness (QED) is 0.430. The summed E-state index contributed by atoms with van der Waals surface area (Å²) >= 11 is 0. The molecule has 0 aliphatic carbocycles. The zero-order chi connectivity index (χ0) is 8.04. The monoisotopic (exact) mass is 156 g/mol. The van der Waals surface area contributed by atoms with Crippen LogP contribution in [0.25, 0.3) is 0 Å². The van der Waals surface area contributed by atoms with Crippen LogP contribution in [0.3, 0.4) is 0 Å². The average Bonchev–Trinajstić information content (AvgIpc) is 2.00. The van der Waals surface area contributed by atoms with Crippen LogP contribution >= 0.6 is 0 Å². The van der Waals surface area contributed by atoms with Crippen molar-refractivity contribution in [1.29, 1.82) is 0 Å². The van der Waals surface area contributed by atoms with Crippen LogP contribution in [-0.4, -0.2) is 8.07 Å². The molecule has 0 aromatic carbocycles. The van der Waals surface area contributed by atoms with Gasteiger partial charge in [0.15, 0.2) is 0 Å². The number of rotatable bonds is 4. The minimum absolute atomic E-state index is 0.805. The molecule has 0 heterocycles. The summed E-state index contributed by atoms with van der Waals surface area (Å²) in [5.74, 6) is 0. The molecule has 0 unspecified atom stereocenters. The highest BCUT2D eigenvalue weighted by atomic mass is 28.3. The summed E-state index contributed by atoms with van der Waals surface area (Å²) in [6.45, 7) is 9.27. The highest BCUT2D eigenvalue weighted by molar-refractivity contribution is 6.78. The molecule has 0 radical (unpaired) electrons. The van der Waals surface area contributed by atoms with Crippen LogP contribution in [-0.2, 0) is 0 Å². The molecule has 0 aromatic rings. The Morgan fingerprint density at radius 3 is 2.00 bits per heavy atom. The second-order valence-corrected chi connectivity index (χ2v) is 8.73. The molecule has 0 bridgehead atoms.